The van der Waals surface area contributed by atoms with E-state index in [-0.39, 0.29) is 0 Å². The van der Waals surface area contributed by atoms with Crippen LogP contribution in [0, 0.1) is 5.92 Å². The van der Waals surface area contributed by atoms with Gasteiger partial charge >= 0.3 is 0 Å². The molecule has 4 unspecified atom stereocenters. The molecule has 4 atom stereocenters. The van der Waals surface area contributed by atoms with Crippen molar-refractivity contribution in [1.29, 1.82) is 0 Å². The minimum absolute atomic E-state index is 0.354. The Bertz CT molecular complexity index is 281. The first-order valence-electron chi connectivity index (χ1n) is 8.05. The second-order valence-corrected chi connectivity index (χ2v) is 6.27. The lowest BCUT2D eigenvalue weighted by Gasteiger charge is -2.41. The lowest BCUT2D eigenvalue weighted by atomic mass is 9.92. The molecule has 19 heavy (non-hydrogen) atoms. The van der Waals surface area contributed by atoms with Gasteiger partial charge in [0.25, 0.3) is 0 Å². The zero-order valence-electron chi connectivity index (χ0n) is 12.1. The van der Waals surface area contributed by atoms with Gasteiger partial charge in [-0.2, -0.15) is 0 Å². The van der Waals surface area contributed by atoms with Crippen molar-refractivity contribution in [1.82, 2.24) is 10.2 Å². The maximum absolute atomic E-state index is 6.20. The molecule has 0 radical (unpaired) electrons. The Morgan fingerprint density at radius 2 is 2.26 bits per heavy atom. The quantitative estimate of drug-likeness (QED) is 0.814. The van der Waals surface area contributed by atoms with E-state index < -0.39 is 0 Å². The Balaban J connectivity index is 1.61. The first kappa shape index (κ1) is 13.8. The van der Waals surface area contributed by atoms with Crippen molar-refractivity contribution < 1.29 is 9.47 Å². The number of ether oxygens (including phenoxy) is 2. The molecule has 0 aromatic rings. The van der Waals surface area contributed by atoms with E-state index in [2.05, 4.69) is 17.1 Å². The van der Waals surface area contributed by atoms with Gasteiger partial charge in [-0.15, -0.1) is 0 Å². The van der Waals surface area contributed by atoms with Gasteiger partial charge in [-0.25, -0.2) is 0 Å². The third-order valence-electron chi connectivity index (χ3n) is 4.92. The zero-order valence-corrected chi connectivity index (χ0v) is 12.1. The topological polar surface area (TPSA) is 33.7 Å². The van der Waals surface area contributed by atoms with Crippen molar-refractivity contribution in [3.05, 3.63) is 0 Å². The van der Waals surface area contributed by atoms with Crippen LogP contribution >= 0.6 is 0 Å². The number of nitrogens with one attached hydrogen (secondary N) is 1. The summed E-state index contributed by atoms with van der Waals surface area (Å²) in [4.78, 5) is 2.64. The SMILES string of the molecule is CCCNC(C1CCOC1)C1CN2CCCC2CO1. The molecule has 4 nitrogen and oxygen atoms in total. The van der Waals surface area contributed by atoms with Crippen LogP contribution in [0.5, 0.6) is 0 Å². The minimum atomic E-state index is 0.354. The Morgan fingerprint density at radius 3 is 3.05 bits per heavy atom. The van der Waals surface area contributed by atoms with Crippen LogP contribution in [0.15, 0.2) is 0 Å². The number of hydrogen-bond acceptors (Lipinski definition) is 4. The molecule has 0 amide bonds. The molecule has 0 aliphatic carbocycles. The number of rotatable bonds is 5. The van der Waals surface area contributed by atoms with Crippen LogP contribution in [0.3, 0.4) is 0 Å². The van der Waals surface area contributed by atoms with Gasteiger partial charge in [0.2, 0.25) is 0 Å². The molecule has 0 saturated carbocycles. The van der Waals surface area contributed by atoms with Crippen LogP contribution in [0.2, 0.25) is 0 Å². The molecular formula is C15H28N2O2. The minimum Gasteiger partial charge on any atom is -0.381 e. The Kier molecular flexibility index (Phi) is 4.74. The van der Waals surface area contributed by atoms with Crippen LogP contribution < -0.4 is 5.32 Å². The van der Waals surface area contributed by atoms with E-state index in [1.54, 1.807) is 0 Å². The third kappa shape index (κ3) is 3.13. The van der Waals surface area contributed by atoms with E-state index in [4.69, 9.17) is 9.47 Å². The standard InChI is InChI=1S/C15H28N2O2/c1-2-6-16-15(12-5-8-18-10-12)14-9-17-7-3-4-13(17)11-19-14/h12-16H,2-11H2,1H3. The van der Waals surface area contributed by atoms with Crippen molar-refractivity contribution in [2.24, 2.45) is 5.92 Å². The molecule has 3 aliphatic heterocycles. The van der Waals surface area contributed by atoms with E-state index in [9.17, 15) is 0 Å². The Hall–Kier alpha value is -0.160. The molecule has 0 aromatic carbocycles. The molecule has 3 saturated heterocycles. The van der Waals surface area contributed by atoms with Crippen LogP contribution in [-0.4, -0.2) is 62.5 Å². The van der Waals surface area contributed by atoms with E-state index >= 15 is 0 Å². The van der Waals surface area contributed by atoms with Crippen molar-refractivity contribution >= 4 is 0 Å². The average molecular weight is 268 g/mol. The highest BCUT2D eigenvalue weighted by molar-refractivity contribution is 4.93. The van der Waals surface area contributed by atoms with Crippen molar-refractivity contribution in [2.45, 2.75) is 50.8 Å². The highest BCUT2D eigenvalue weighted by Crippen LogP contribution is 2.28. The fourth-order valence-electron chi connectivity index (χ4n) is 3.81. The lowest BCUT2D eigenvalue weighted by Crippen LogP contribution is -2.56. The number of nitrogens with zero attached hydrogens (tertiary/aromatic N) is 1. The van der Waals surface area contributed by atoms with Crippen LogP contribution in [0.1, 0.15) is 32.6 Å². The van der Waals surface area contributed by atoms with Gasteiger partial charge in [0.1, 0.15) is 0 Å². The van der Waals surface area contributed by atoms with Crippen LogP contribution in [0.4, 0.5) is 0 Å². The normalized spacial score (nSPS) is 37.4. The van der Waals surface area contributed by atoms with Crippen molar-refractivity contribution in [3.63, 3.8) is 0 Å². The van der Waals surface area contributed by atoms with Gasteiger partial charge in [0, 0.05) is 31.2 Å². The molecule has 1 N–H and O–H groups in total. The van der Waals surface area contributed by atoms with E-state index in [1.165, 1.54) is 32.2 Å². The van der Waals surface area contributed by atoms with Gasteiger partial charge < -0.3 is 14.8 Å². The van der Waals surface area contributed by atoms with Gasteiger partial charge in [0.15, 0.2) is 0 Å². The van der Waals surface area contributed by atoms with Gasteiger partial charge in [-0.3, -0.25) is 4.90 Å². The number of fused-ring (bicyclic) bond motifs is 1. The van der Waals surface area contributed by atoms with Crippen LogP contribution in [-0.2, 0) is 9.47 Å². The summed E-state index contributed by atoms with van der Waals surface area (Å²) >= 11 is 0. The summed E-state index contributed by atoms with van der Waals surface area (Å²) in [7, 11) is 0. The lowest BCUT2D eigenvalue weighted by molar-refractivity contribution is -0.0736. The van der Waals surface area contributed by atoms with Gasteiger partial charge in [0.05, 0.1) is 19.3 Å². The Morgan fingerprint density at radius 1 is 1.32 bits per heavy atom. The smallest absolute Gasteiger partial charge is 0.0859 e. The first-order valence-corrected chi connectivity index (χ1v) is 8.05. The van der Waals surface area contributed by atoms with Gasteiger partial charge in [-0.1, -0.05) is 6.92 Å². The first-order chi connectivity index (χ1) is 9.38. The molecule has 110 valence electrons. The van der Waals surface area contributed by atoms with Crippen molar-refractivity contribution in [2.75, 3.05) is 39.5 Å². The predicted octanol–water partition coefficient (Wildman–Crippen LogP) is 1.25. The largest absolute Gasteiger partial charge is 0.381 e. The summed E-state index contributed by atoms with van der Waals surface area (Å²) in [6, 6.07) is 1.17. The van der Waals surface area contributed by atoms with Gasteiger partial charge in [-0.05, 0) is 38.8 Å². The maximum atomic E-state index is 6.20. The summed E-state index contributed by atoms with van der Waals surface area (Å²) in [5.74, 6) is 0.635. The highest BCUT2D eigenvalue weighted by atomic mass is 16.5. The maximum Gasteiger partial charge on any atom is 0.0859 e. The van der Waals surface area contributed by atoms with E-state index in [1.807, 2.05) is 0 Å². The van der Waals surface area contributed by atoms with Crippen LogP contribution in [0.25, 0.3) is 0 Å². The number of morpholine rings is 1. The van der Waals surface area contributed by atoms with E-state index in [0.29, 0.717) is 24.1 Å². The fourth-order valence-corrected chi connectivity index (χ4v) is 3.81. The molecule has 3 fully saturated rings. The second-order valence-electron chi connectivity index (χ2n) is 6.27. The predicted molar refractivity (Wildman–Crippen MR) is 75.3 cm³/mol. The average Bonchev–Trinajstić information content (AvgIpc) is 3.09. The summed E-state index contributed by atoms with van der Waals surface area (Å²) in [6.07, 6.45) is 5.40. The summed E-state index contributed by atoms with van der Waals surface area (Å²) < 4.78 is 11.8. The second kappa shape index (κ2) is 6.53. The molecule has 3 rings (SSSR count). The molecule has 0 aromatic heterocycles. The Labute approximate surface area is 116 Å². The summed E-state index contributed by atoms with van der Waals surface area (Å²) in [5, 5.41) is 3.73. The third-order valence-corrected chi connectivity index (χ3v) is 4.92. The molecule has 3 aliphatic rings. The monoisotopic (exact) mass is 268 g/mol. The number of hydrogen-bond donors (Lipinski definition) is 1. The molecular weight excluding hydrogens is 240 g/mol. The van der Waals surface area contributed by atoms with Crippen molar-refractivity contribution in [3.8, 4) is 0 Å². The summed E-state index contributed by atoms with van der Waals surface area (Å²) in [5.41, 5.74) is 0. The molecule has 0 spiro atoms. The van der Waals surface area contributed by atoms with E-state index in [0.717, 1.165) is 32.9 Å². The molecule has 3 heterocycles. The molecule has 4 heteroatoms. The fraction of sp³-hybridized carbons (Fsp3) is 1.00. The molecule has 0 bridgehead atoms. The summed E-state index contributed by atoms with van der Waals surface area (Å²) in [6.45, 7) is 8.47. The highest BCUT2D eigenvalue weighted by Gasteiger charge is 2.39. The zero-order chi connectivity index (χ0) is 13.1.